The molecule has 0 spiro atoms. The number of carbonyl (C=O) groups is 1. The van der Waals surface area contributed by atoms with Crippen LogP contribution >= 0.6 is 0 Å². The van der Waals surface area contributed by atoms with Crippen LogP contribution in [0.1, 0.15) is 42.3 Å². The fourth-order valence-corrected chi connectivity index (χ4v) is 3.64. The molecule has 1 fully saturated rings. The number of hydrogen-bond donors (Lipinski definition) is 0. The fraction of sp³-hybridized carbons (Fsp3) is 0.292. The highest BCUT2D eigenvalue weighted by Crippen LogP contribution is 2.37. The van der Waals surface area contributed by atoms with Gasteiger partial charge in [0.1, 0.15) is 29.3 Å². The van der Waals surface area contributed by atoms with E-state index in [9.17, 15) is 18.0 Å². The maximum atomic E-state index is 12.9. The molecular weight excluding hydrogens is 423 g/mol. The molecule has 0 aliphatic carbocycles. The van der Waals surface area contributed by atoms with Crippen molar-refractivity contribution in [2.45, 2.75) is 44.1 Å². The molecule has 8 heteroatoms. The zero-order valence-electron chi connectivity index (χ0n) is 16.9. The summed E-state index contributed by atoms with van der Waals surface area (Å²) in [6.45, 7) is 0. The minimum atomic E-state index is -4.40. The van der Waals surface area contributed by atoms with Crippen LogP contribution in [0.25, 0.3) is 11.0 Å². The Labute approximate surface area is 182 Å². The second-order valence-electron chi connectivity index (χ2n) is 7.41. The Hall–Kier alpha value is -3.44. The number of nitrogens with one attached hydrogen (secondary N) is 1. The van der Waals surface area contributed by atoms with Gasteiger partial charge in [-0.25, -0.2) is 10.5 Å². The van der Waals surface area contributed by atoms with Gasteiger partial charge in [-0.15, -0.1) is 5.92 Å². The van der Waals surface area contributed by atoms with Crippen molar-refractivity contribution in [3.63, 3.8) is 0 Å². The lowest BCUT2D eigenvalue weighted by Gasteiger charge is -2.07. The van der Waals surface area contributed by atoms with Gasteiger partial charge in [0.25, 0.3) is 0 Å². The highest BCUT2D eigenvalue weighted by atomic mass is 19.4. The van der Waals surface area contributed by atoms with Crippen molar-refractivity contribution in [2.24, 2.45) is 0 Å². The van der Waals surface area contributed by atoms with Gasteiger partial charge in [-0.3, -0.25) is 0 Å². The van der Waals surface area contributed by atoms with Gasteiger partial charge in [0, 0.05) is 11.8 Å². The van der Waals surface area contributed by atoms with E-state index in [1.54, 1.807) is 18.2 Å². The van der Waals surface area contributed by atoms with Crippen LogP contribution < -0.4 is 10.5 Å². The van der Waals surface area contributed by atoms with Gasteiger partial charge >= 0.3 is 12.3 Å². The van der Waals surface area contributed by atoms with Crippen LogP contribution in [0.5, 0.6) is 5.75 Å². The van der Waals surface area contributed by atoms with E-state index in [0.29, 0.717) is 48.2 Å². The maximum Gasteiger partial charge on any atom is 0.431 e. The van der Waals surface area contributed by atoms with Gasteiger partial charge in [0.2, 0.25) is 0 Å². The van der Waals surface area contributed by atoms with Crippen LogP contribution in [0.3, 0.4) is 0 Å². The smallest absolute Gasteiger partial charge is 0.431 e. The molecule has 2 aromatic carbocycles. The lowest BCUT2D eigenvalue weighted by atomic mass is 10.1. The standard InChI is InChI=1S/C24H19F3NO4/c25-24(26,27)17-9-11-20-16(13-17)14-22(31-20)21-12-10-18(30-21)7-3-1-5-15-6-2-4-8-19(15)32-23(28)29/h2,4,6,8-9,11,13-14,18,21,28H,1,5,10,12H2/t18-,21-/m1/s1. The number of alkyl halides is 3. The average Bonchev–Trinajstić information content (AvgIpc) is 3.37. The number of rotatable bonds is 4. The van der Waals surface area contributed by atoms with E-state index in [1.807, 2.05) is 12.1 Å². The predicted molar refractivity (Wildman–Crippen MR) is 110 cm³/mol. The monoisotopic (exact) mass is 442 g/mol. The third-order valence-corrected chi connectivity index (χ3v) is 5.16. The number of amides is 1. The molecule has 4 rings (SSSR count). The lowest BCUT2D eigenvalue weighted by molar-refractivity contribution is -0.137. The zero-order valence-corrected chi connectivity index (χ0v) is 16.9. The molecule has 3 aromatic rings. The number of fused-ring (bicyclic) bond motifs is 1. The Morgan fingerprint density at radius 1 is 1.16 bits per heavy atom. The van der Waals surface area contributed by atoms with E-state index in [2.05, 4.69) is 11.8 Å². The second-order valence-corrected chi connectivity index (χ2v) is 7.41. The number of furan rings is 1. The summed E-state index contributed by atoms with van der Waals surface area (Å²) in [4.78, 5) is 10.9. The van der Waals surface area contributed by atoms with E-state index in [4.69, 9.17) is 19.6 Å². The first-order valence-electron chi connectivity index (χ1n) is 10.1. The first-order valence-corrected chi connectivity index (χ1v) is 10.1. The molecule has 1 saturated heterocycles. The molecule has 0 bridgehead atoms. The summed E-state index contributed by atoms with van der Waals surface area (Å²) in [6.07, 6.45) is -3.75. The molecule has 32 heavy (non-hydrogen) atoms. The van der Waals surface area contributed by atoms with Crippen LogP contribution in [0.2, 0.25) is 0 Å². The molecule has 1 aliphatic rings. The molecule has 0 unspecified atom stereocenters. The van der Waals surface area contributed by atoms with E-state index < -0.39 is 17.8 Å². The molecule has 1 aliphatic heterocycles. The molecule has 1 amide bonds. The first kappa shape index (κ1) is 21.8. The Kier molecular flexibility index (Phi) is 6.10. The van der Waals surface area contributed by atoms with E-state index in [1.165, 1.54) is 6.07 Å². The molecule has 1 aromatic heterocycles. The van der Waals surface area contributed by atoms with E-state index in [-0.39, 0.29) is 12.2 Å². The number of para-hydroxylation sites is 1. The summed E-state index contributed by atoms with van der Waals surface area (Å²) < 4.78 is 55.2. The molecule has 0 saturated carbocycles. The second kappa shape index (κ2) is 8.97. The normalized spacial score (nSPS) is 18.3. The van der Waals surface area contributed by atoms with Crippen molar-refractivity contribution < 1.29 is 31.9 Å². The number of ether oxygens (including phenoxy) is 2. The van der Waals surface area contributed by atoms with E-state index >= 15 is 0 Å². The number of benzene rings is 2. The Balaban J connectivity index is 1.36. The minimum absolute atomic E-state index is 0.291. The minimum Gasteiger partial charge on any atom is -0.458 e. The van der Waals surface area contributed by atoms with Crippen molar-refractivity contribution in [2.75, 3.05) is 0 Å². The molecule has 5 nitrogen and oxygen atoms in total. The summed E-state index contributed by atoms with van der Waals surface area (Å²) in [5, 5.41) is 0.389. The summed E-state index contributed by atoms with van der Waals surface area (Å²) in [6, 6.07) is 12.0. The van der Waals surface area contributed by atoms with Crippen molar-refractivity contribution in [1.29, 1.82) is 0 Å². The van der Waals surface area contributed by atoms with Crippen LogP contribution in [-0.4, -0.2) is 12.2 Å². The van der Waals surface area contributed by atoms with Crippen molar-refractivity contribution in [1.82, 2.24) is 5.73 Å². The molecule has 1 N–H and O–H groups in total. The summed E-state index contributed by atoms with van der Waals surface area (Å²) in [7, 11) is 0. The van der Waals surface area contributed by atoms with Crippen LogP contribution in [0.15, 0.2) is 52.9 Å². The van der Waals surface area contributed by atoms with Gasteiger partial charge in [-0.05, 0) is 55.2 Å². The molecule has 165 valence electrons. The van der Waals surface area contributed by atoms with Crippen molar-refractivity contribution >= 4 is 17.1 Å². The molecule has 2 atom stereocenters. The van der Waals surface area contributed by atoms with Crippen molar-refractivity contribution in [3.05, 3.63) is 65.4 Å². The zero-order chi connectivity index (χ0) is 22.7. The van der Waals surface area contributed by atoms with Gasteiger partial charge in [0.15, 0.2) is 0 Å². The number of aryl methyl sites for hydroxylation is 1. The number of halogens is 3. The maximum absolute atomic E-state index is 12.9. The molecule has 1 radical (unpaired) electrons. The van der Waals surface area contributed by atoms with E-state index in [0.717, 1.165) is 17.7 Å². The SMILES string of the molecule is [NH]C(=O)Oc1ccccc1CCC#C[C@@H]1CC[C@H](c2cc3cc(C(F)(F)F)ccc3o2)O1. The fourth-order valence-electron chi connectivity index (χ4n) is 3.64. The van der Waals surface area contributed by atoms with Gasteiger partial charge < -0.3 is 13.9 Å². The quantitative estimate of drug-likeness (QED) is 0.459. The van der Waals surface area contributed by atoms with Crippen LogP contribution in [-0.2, 0) is 17.3 Å². The van der Waals surface area contributed by atoms with Crippen LogP contribution in [0, 0.1) is 11.8 Å². The number of hydrogen-bond acceptors (Lipinski definition) is 4. The third kappa shape index (κ3) is 5.06. The Bertz CT molecular complexity index is 1190. The number of carbonyl (C=O) groups excluding carboxylic acids is 1. The van der Waals surface area contributed by atoms with Gasteiger partial charge in [-0.2, -0.15) is 13.2 Å². The summed E-state index contributed by atoms with van der Waals surface area (Å²) in [5.74, 6) is 6.98. The third-order valence-electron chi connectivity index (χ3n) is 5.16. The lowest BCUT2D eigenvalue weighted by Crippen LogP contribution is -2.07. The van der Waals surface area contributed by atoms with Crippen molar-refractivity contribution in [3.8, 4) is 17.6 Å². The highest BCUT2D eigenvalue weighted by molar-refractivity contribution is 5.79. The Morgan fingerprint density at radius 2 is 1.97 bits per heavy atom. The van der Waals surface area contributed by atoms with Gasteiger partial charge in [0.05, 0.1) is 5.56 Å². The molecular formula is C24H19F3NO4. The Morgan fingerprint density at radius 3 is 2.75 bits per heavy atom. The summed E-state index contributed by atoms with van der Waals surface area (Å²) in [5.41, 5.74) is 7.40. The average molecular weight is 442 g/mol. The van der Waals surface area contributed by atoms with Gasteiger partial charge in [-0.1, -0.05) is 24.1 Å². The largest absolute Gasteiger partial charge is 0.458 e. The van der Waals surface area contributed by atoms with Crippen LogP contribution in [0.4, 0.5) is 18.0 Å². The highest BCUT2D eigenvalue weighted by Gasteiger charge is 2.32. The topological polar surface area (TPSA) is 72.5 Å². The summed E-state index contributed by atoms with van der Waals surface area (Å²) >= 11 is 0. The molecule has 2 heterocycles. The predicted octanol–water partition coefficient (Wildman–Crippen LogP) is 6.09. The first-order chi connectivity index (χ1) is 15.3.